The van der Waals surface area contributed by atoms with Crippen LogP contribution in [0.25, 0.3) is 21.9 Å². The Morgan fingerprint density at radius 1 is 0.886 bits per heavy atom. The molecule has 0 bridgehead atoms. The second-order valence-corrected chi connectivity index (χ2v) is 16.5. The van der Waals surface area contributed by atoms with Gasteiger partial charge in [-0.15, -0.1) is 66.3 Å². The molecule has 0 fully saturated rings. The molecule has 35 heavy (non-hydrogen) atoms. The smallest absolute Gasteiger partial charge is 0.0279 e. The van der Waals surface area contributed by atoms with Crippen LogP contribution in [-0.4, -0.2) is 5.43 Å². The third-order valence-corrected chi connectivity index (χ3v) is 12.2. The molecule has 4 rings (SSSR count). The molecule has 188 valence electrons. The molecule has 1 unspecified atom stereocenters. The SMILES string of the molecule is CC1=[C-]C(C)C(C)=C1C.CCC[Si](=[Zr+2])CCC.Cc1cc2c(-c3ccccc3)cccc2[cH-]1.Cl.Cl. The van der Waals surface area contributed by atoms with Crippen LogP contribution in [0, 0.1) is 18.9 Å². The van der Waals surface area contributed by atoms with Gasteiger partial charge in [0, 0.05) is 0 Å². The molecule has 4 heteroatoms. The molecular formula is C31H42Cl2SiZr. The summed E-state index contributed by atoms with van der Waals surface area (Å²) in [6.45, 7) is 15.4. The van der Waals surface area contributed by atoms with Gasteiger partial charge in [0.25, 0.3) is 0 Å². The Kier molecular flexibility index (Phi) is 17.2. The summed E-state index contributed by atoms with van der Waals surface area (Å²) in [4.78, 5) is 0. The molecule has 0 saturated carbocycles. The van der Waals surface area contributed by atoms with Crippen LogP contribution in [0.15, 0.2) is 77.4 Å². The van der Waals surface area contributed by atoms with Gasteiger partial charge in [-0.2, -0.15) is 17.2 Å². The van der Waals surface area contributed by atoms with Gasteiger partial charge in [0.1, 0.15) is 0 Å². The topological polar surface area (TPSA) is 0 Å². The quantitative estimate of drug-likeness (QED) is 0.201. The molecule has 0 saturated heterocycles. The number of allylic oxidation sites excluding steroid dienone is 4. The average molecular weight is 605 g/mol. The van der Waals surface area contributed by atoms with E-state index in [0.29, 0.717) is 5.92 Å². The zero-order valence-corrected chi connectivity index (χ0v) is 27.6. The van der Waals surface area contributed by atoms with Crippen LogP contribution < -0.4 is 0 Å². The summed E-state index contributed by atoms with van der Waals surface area (Å²) in [5.74, 6) is 0.560. The van der Waals surface area contributed by atoms with Crippen molar-refractivity contribution in [2.24, 2.45) is 5.92 Å². The van der Waals surface area contributed by atoms with E-state index in [9.17, 15) is 0 Å². The first-order valence-electron chi connectivity index (χ1n) is 12.3. The van der Waals surface area contributed by atoms with Crippen molar-refractivity contribution >= 4 is 41.0 Å². The van der Waals surface area contributed by atoms with E-state index >= 15 is 0 Å². The molecule has 0 N–H and O–H groups in total. The van der Waals surface area contributed by atoms with Crippen LogP contribution in [0.3, 0.4) is 0 Å². The fraction of sp³-hybridized carbons (Fsp3) is 0.387. The Bertz CT molecular complexity index is 1100. The minimum Gasteiger partial charge on any atom is -0.165 e. The molecular weight excluding hydrogens is 563 g/mol. The first-order valence-corrected chi connectivity index (χ1v) is 17.9. The number of hydrogen-bond donors (Lipinski definition) is 0. The Hall–Kier alpha value is -0.790. The largest absolute Gasteiger partial charge is 0.165 e. The van der Waals surface area contributed by atoms with Gasteiger partial charge in [-0.1, -0.05) is 75.6 Å². The summed E-state index contributed by atoms with van der Waals surface area (Å²) in [7, 11) is 0. The maximum atomic E-state index is 3.36. The molecule has 0 radical (unpaired) electrons. The van der Waals surface area contributed by atoms with Gasteiger partial charge in [0.2, 0.25) is 0 Å². The number of fused-ring (bicyclic) bond motifs is 1. The zero-order valence-electron chi connectivity index (χ0n) is 22.5. The summed E-state index contributed by atoms with van der Waals surface area (Å²) >= 11 is 1.84. The fourth-order valence-electron chi connectivity index (χ4n) is 4.14. The zero-order chi connectivity index (χ0) is 24.4. The molecule has 3 aromatic rings. The average Bonchev–Trinajstić information content (AvgIpc) is 3.29. The molecule has 0 heterocycles. The van der Waals surface area contributed by atoms with Gasteiger partial charge in [0.15, 0.2) is 0 Å². The van der Waals surface area contributed by atoms with E-state index in [1.165, 1.54) is 57.0 Å². The van der Waals surface area contributed by atoms with Gasteiger partial charge in [-0.25, -0.2) is 5.57 Å². The molecule has 0 spiro atoms. The minimum atomic E-state index is 0. The van der Waals surface area contributed by atoms with Crippen molar-refractivity contribution in [2.45, 2.75) is 73.4 Å². The summed E-state index contributed by atoms with van der Waals surface area (Å²) in [5.41, 5.74) is 8.39. The summed E-state index contributed by atoms with van der Waals surface area (Å²) in [5, 5.41) is 2.69. The van der Waals surface area contributed by atoms with Crippen molar-refractivity contribution in [3.63, 3.8) is 0 Å². The van der Waals surface area contributed by atoms with E-state index in [4.69, 9.17) is 0 Å². The molecule has 1 aliphatic rings. The molecule has 0 aliphatic heterocycles. The van der Waals surface area contributed by atoms with Crippen molar-refractivity contribution in [2.75, 3.05) is 0 Å². The normalized spacial score (nSPS) is 14.1. The predicted molar refractivity (Wildman–Crippen MR) is 160 cm³/mol. The Labute approximate surface area is 242 Å². The third-order valence-electron chi connectivity index (χ3n) is 6.32. The van der Waals surface area contributed by atoms with E-state index in [1.807, 2.05) is 23.3 Å². The van der Waals surface area contributed by atoms with Gasteiger partial charge < -0.3 is 0 Å². The molecule has 1 aliphatic carbocycles. The second kappa shape index (κ2) is 17.6. The van der Waals surface area contributed by atoms with Crippen LogP contribution >= 0.6 is 24.8 Å². The number of halogens is 2. The monoisotopic (exact) mass is 602 g/mol. The third kappa shape index (κ3) is 10.6. The van der Waals surface area contributed by atoms with E-state index in [1.54, 1.807) is 12.1 Å². The maximum absolute atomic E-state index is 3.36. The summed E-state index contributed by atoms with van der Waals surface area (Å²) in [6.07, 6.45) is 6.19. The van der Waals surface area contributed by atoms with E-state index < -0.39 is 0 Å². The van der Waals surface area contributed by atoms with Crippen LogP contribution in [0.1, 0.15) is 59.9 Å². The minimum absolute atomic E-state index is 0. The Morgan fingerprint density at radius 3 is 1.94 bits per heavy atom. The summed E-state index contributed by atoms with van der Waals surface area (Å²) in [6, 6.07) is 24.7. The molecule has 3 aromatic carbocycles. The number of aryl methyl sites for hydroxylation is 1. The molecule has 0 nitrogen and oxygen atoms in total. The Balaban J connectivity index is 0.000000528. The fourth-order valence-corrected chi connectivity index (χ4v) is 9.29. The van der Waals surface area contributed by atoms with Gasteiger partial charge in [0.05, 0.1) is 0 Å². The van der Waals surface area contributed by atoms with E-state index in [2.05, 4.69) is 115 Å². The second-order valence-electron chi connectivity index (χ2n) is 9.11. The van der Waals surface area contributed by atoms with Crippen LogP contribution in [0.2, 0.25) is 12.1 Å². The Morgan fingerprint density at radius 2 is 1.49 bits per heavy atom. The number of hydrogen-bond acceptors (Lipinski definition) is 0. The molecule has 1 atom stereocenters. The maximum Gasteiger partial charge on any atom is -0.0279 e. The van der Waals surface area contributed by atoms with Gasteiger partial charge >= 0.3 is 67.5 Å². The van der Waals surface area contributed by atoms with Crippen LogP contribution in [-0.2, 0) is 23.3 Å². The summed E-state index contributed by atoms with van der Waals surface area (Å²) < 4.78 is 0. The van der Waals surface area contributed by atoms with Crippen molar-refractivity contribution in [1.29, 1.82) is 0 Å². The van der Waals surface area contributed by atoms with E-state index in [0.717, 1.165) is 0 Å². The standard InChI is InChI=1S/C16H13.C9H13.C6H14Si.2ClH.Zr/c1-12-10-14-8-5-9-15(16(14)11-12)13-6-3-2-4-7-13;1-6-5-7(2)9(4)8(6)3;1-3-5-7-6-4-2;;;/h2-11H,1H3;6H,1-4H3;3-6H2,1-2H3;2*1H;/q2*-1;;;;+2. The first kappa shape index (κ1) is 34.2. The number of rotatable bonds is 5. The van der Waals surface area contributed by atoms with Crippen molar-refractivity contribution in [3.05, 3.63) is 89.0 Å². The van der Waals surface area contributed by atoms with Gasteiger partial charge in [-0.3, -0.25) is 6.08 Å². The molecule has 0 aromatic heterocycles. The van der Waals surface area contributed by atoms with Crippen molar-refractivity contribution < 1.29 is 23.3 Å². The van der Waals surface area contributed by atoms with Crippen molar-refractivity contribution in [3.8, 4) is 11.1 Å². The molecule has 0 amide bonds. The van der Waals surface area contributed by atoms with Crippen LogP contribution in [0.5, 0.6) is 0 Å². The van der Waals surface area contributed by atoms with Crippen LogP contribution in [0.4, 0.5) is 0 Å². The van der Waals surface area contributed by atoms with Gasteiger partial charge in [-0.05, 0) is 5.56 Å². The first-order chi connectivity index (χ1) is 15.8. The van der Waals surface area contributed by atoms with E-state index in [-0.39, 0.29) is 30.2 Å². The predicted octanol–water partition coefficient (Wildman–Crippen LogP) is 10.4. The van der Waals surface area contributed by atoms with Crippen molar-refractivity contribution in [1.82, 2.24) is 0 Å². The number of benzene rings is 2.